The summed E-state index contributed by atoms with van der Waals surface area (Å²) in [5, 5.41) is 6.04. The SMILES string of the molecule is CNC(=O)C(CCC=O)N(C)Cc1cc(CCCOCCCCCN2CCN(Cc3ccc(-c4cn(C5CCCCC5)c5nc(Nc6cc(C(F)(F)F)cc(C(F)(F)F)c6)ncc45)cc3)CC2)ccc1C=O. The van der Waals surface area contributed by atoms with Crippen molar-refractivity contribution in [3.8, 4) is 11.1 Å². The number of aromatic nitrogens is 3. The number of carbonyl (C=O) groups excluding carboxylic acids is 3. The quantitative estimate of drug-likeness (QED) is 0.0351. The minimum atomic E-state index is -4.98. The smallest absolute Gasteiger partial charge is 0.381 e. The summed E-state index contributed by atoms with van der Waals surface area (Å²) in [5.41, 5.74) is 2.93. The summed E-state index contributed by atoms with van der Waals surface area (Å²) in [6.45, 7) is 7.61. The van der Waals surface area contributed by atoms with E-state index in [9.17, 15) is 40.7 Å². The van der Waals surface area contributed by atoms with E-state index in [1.54, 1.807) is 13.2 Å². The monoisotopic (exact) mass is 1000 g/mol. The van der Waals surface area contributed by atoms with Crippen molar-refractivity contribution in [1.29, 1.82) is 0 Å². The molecule has 1 atom stereocenters. The molecule has 388 valence electrons. The Bertz CT molecular complexity index is 2540. The number of nitrogens with zero attached hydrogens (tertiary/aromatic N) is 6. The summed E-state index contributed by atoms with van der Waals surface area (Å²) in [7, 11) is 3.41. The van der Waals surface area contributed by atoms with E-state index in [1.165, 1.54) is 5.56 Å². The highest BCUT2D eigenvalue weighted by atomic mass is 19.4. The van der Waals surface area contributed by atoms with Gasteiger partial charge in [0.15, 0.2) is 0 Å². The van der Waals surface area contributed by atoms with Gasteiger partial charge in [0.05, 0.1) is 17.2 Å². The number of piperazine rings is 1. The van der Waals surface area contributed by atoms with E-state index < -0.39 is 35.2 Å². The third kappa shape index (κ3) is 14.7. The first-order valence-corrected chi connectivity index (χ1v) is 25.1. The highest BCUT2D eigenvalue weighted by molar-refractivity contribution is 5.94. The van der Waals surface area contributed by atoms with Crippen LogP contribution in [0.3, 0.4) is 0 Å². The summed E-state index contributed by atoms with van der Waals surface area (Å²) in [4.78, 5) is 51.2. The average Bonchev–Trinajstić information content (AvgIpc) is 3.75. The summed E-state index contributed by atoms with van der Waals surface area (Å²) in [6.07, 6.45) is 5.98. The lowest BCUT2D eigenvalue weighted by atomic mass is 9.95. The zero-order valence-electron chi connectivity index (χ0n) is 41.2. The molecule has 7 rings (SSSR count). The van der Waals surface area contributed by atoms with Crippen molar-refractivity contribution in [2.75, 3.05) is 65.3 Å². The fourth-order valence-electron chi connectivity index (χ4n) is 9.92. The van der Waals surface area contributed by atoms with E-state index in [4.69, 9.17) is 9.72 Å². The molecule has 1 saturated heterocycles. The summed E-state index contributed by atoms with van der Waals surface area (Å²) < 4.78 is 89.7. The molecule has 2 aliphatic rings. The maximum absolute atomic E-state index is 13.6. The molecule has 5 aromatic rings. The molecular formula is C54H66F6N8O4. The summed E-state index contributed by atoms with van der Waals surface area (Å²) in [6, 6.07) is 15.3. The molecule has 3 heterocycles. The molecule has 0 radical (unpaired) electrons. The fraction of sp³-hybridized carbons (Fsp3) is 0.500. The average molecular weight is 1010 g/mol. The van der Waals surface area contributed by atoms with E-state index >= 15 is 0 Å². The van der Waals surface area contributed by atoms with E-state index in [0.717, 1.165) is 144 Å². The predicted molar refractivity (Wildman–Crippen MR) is 266 cm³/mol. The molecule has 2 fully saturated rings. The van der Waals surface area contributed by atoms with Gasteiger partial charge in [0.1, 0.15) is 18.2 Å². The zero-order valence-corrected chi connectivity index (χ0v) is 41.2. The third-order valence-corrected chi connectivity index (χ3v) is 13.9. The Morgan fingerprint density at radius 1 is 0.847 bits per heavy atom. The van der Waals surface area contributed by atoms with Gasteiger partial charge in [0, 0.05) is 107 Å². The standard InChI is InChI=1S/C54H66F6N8O4/c1-61-51(71)49(14-9-26-69)65(2)35-42-29-38(15-20-41(42)37-70)11-10-28-72-27-8-4-7-21-66-22-24-67(25-23-66)34-39-16-18-40(19-17-39)48-36-68(46-12-5-3-6-13-46)50-47(48)33-62-52(64-50)63-45-31-43(53(55,56)57)30-44(32-45)54(58,59)60/h15-20,26,29-33,36-37,46,49H,3-14,21-25,27-28,34-35H2,1-2H3,(H,61,71)(H,62,63,64). The van der Waals surface area contributed by atoms with Gasteiger partial charge in [-0.05, 0) is 105 Å². The van der Waals surface area contributed by atoms with Crippen LogP contribution in [0, 0.1) is 0 Å². The first-order valence-electron chi connectivity index (χ1n) is 25.1. The number of unbranched alkanes of at least 4 members (excludes halogenated alkanes) is 2. The van der Waals surface area contributed by atoms with Crippen molar-refractivity contribution in [3.05, 3.63) is 106 Å². The molecular weight excluding hydrogens is 939 g/mol. The number of halogens is 6. The van der Waals surface area contributed by atoms with Crippen LogP contribution in [-0.2, 0) is 46.2 Å². The Hall–Kier alpha value is -5.69. The molecule has 12 nitrogen and oxygen atoms in total. The topological polar surface area (TPSA) is 125 Å². The molecule has 3 aromatic carbocycles. The Balaban J connectivity index is 0.842. The molecule has 1 saturated carbocycles. The van der Waals surface area contributed by atoms with Crippen molar-refractivity contribution >= 4 is 41.1 Å². The second-order valence-corrected chi connectivity index (χ2v) is 19.1. The second-order valence-electron chi connectivity index (χ2n) is 19.1. The number of likely N-dealkylation sites (N-methyl/N-ethyl adjacent to an activating group) is 2. The molecule has 1 aliphatic heterocycles. The van der Waals surface area contributed by atoms with Crippen LogP contribution in [0.2, 0.25) is 0 Å². The minimum Gasteiger partial charge on any atom is -0.381 e. The number of amides is 1. The maximum Gasteiger partial charge on any atom is 0.416 e. The number of aldehydes is 2. The minimum absolute atomic E-state index is 0.0941. The number of benzene rings is 3. The number of aryl methyl sites for hydroxylation is 1. The Kier molecular flexibility index (Phi) is 19.0. The molecule has 18 heteroatoms. The number of alkyl halides is 6. The molecule has 1 amide bonds. The predicted octanol–water partition coefficient (Wildman–Crippen LogP) is 10.7. The van der Waals surface area contributed by atoms with Crippen molar-refractivity contribution in [2.45, 2.75) is 115 Å². The van der Waals surface area contributed by atoms with Gasteiger partial charge in [-0.3, -0.25) is 19.4 Å². The van der Waals surface area contributed by atoms with Gasteiger partial charge >= 0.3 is 12.4 Å². The second kappa shape index (κ2) is 25.3. The zero-order chi connectivity index (χ0) is 51.3. The van der Waals surface area contributed by atoms with E-state index in [-0.39, 0.29) is 30.4 Å². The highest BCUT2D eigenvalue weighted by Crippen LogP contribution is 2.40. The number of carbonyl (C=O) groups is 3. The van der Waals surface area contributed by atoms with Crippen LogP contribution in [0.25, 0.3) is 22.2 Å². The Morgan fingerprint density at radius 3 is 2.19 bits per heavy atom. The van der Waals surface area contributed by atoms with Crippen LogP contribution in [-0.4, -0.2) is 114 Å². The number of hydrogen-bond acceptors (Lipinski definition) is 10. The molecule has 0 spiro atoms. The number of rotatable bonds is 24. The third-order valence-electron chi connectivity index (χ3n) is 13.9. The van der Waals surface area contributed by atoms with Gasteiger partial charge in [0.25, 0.3) is 0 Å². The number of nitrogens with one attached hydrogen (secondary N) is 2. The first kappa shape index (κ1) is 54.1. The van der Waals surface area contributed by atoms with Gasteiger partial charge < -0.3 is 29.6 Å². The lowest BCUT2D eigenvalue weighted by Crippen LogP contribution is -2.46. The molecule has 2 aromatic heterocycles. The van der Waals surface area contributed by atoms with Crippen LogP contribution in [0.5, 0.6) is 0 Å². The molecule has 0 bridgehead atoms. The molecule has 2 N–H and O–H groups in total. The highest BCUT2D eigenvalue weighted by Gasteiger charge is 2.37. The van der Waals surface area contributed by atoms with Crippen LogP contribution in [0.1, 0.15) is 115 Å². The largest absolute Gasteiger partial charge is 0.416 e. The Labute approximate surface area is 417 Å². The van der Waals surface area contributed by atoms with Crippen LogP contribution in [0.15, 0.2) is 73.1 Å². The lowest BCUT2D eigenvalue weighted by Gasteiger charge is -2.34. The molecule has 1 aliphatic carbocycles. The number of hydrogen-bond donors (Lipinski definition) is 2. The number of fused-ring (bicyclic) bond motifs is 1. The van der Waals surface area contributed by atoms with Gasteiger partial charge in [0.2, 0.25) is 11.9 Å². The first-order chi connectivity index (χ1) is 34.6. The van der Waals surface area contributed by atoms with Gasteiger partial charge in [-0.2, -0.15) is 31.3 Å². The molecule has 72 heavy (non-hydrogen) atoms. The summed E-state index contributed by atoms with van der Waals surface area (Å²) >= 11 is 0. The van der Waals surface area contributed by atoms with Gasteiger partial charge in [-0.15, -0.1) is 0 Å². The van der Waals surface area contributed by atoms with E-state index in [1.807, 2.05) is 30.1 Å². The molecule has 1 unspecified atom stereocenters. The van der Waals surface area contributed by atoms with Crippen molar-refractivity contribution in [3.63, 3.8) is 0 Å². The normalized spacial score (nSPS) is 15.8. The van der Waals surface area contributed by atoms with Crippen LogP contribution in [0.4, 0.5) is 38.0 Å². The van der Waals surface area contributed by atoms with Crippen LogP contribution >= 0.6 is 0 Å². The van der Waals surface area contributed by atoms with Crippen molar-refractivity contribution in [2.24, 2.45) is 0 Å². The van der Waals surface area contributed by atoms with Gasteiger partial charge in [-0.1, -0.05) is 61.7 Å². The Morgan fingerprint density at radius 2 is 1.53 bits per heavy atom. The number of anilines is 2. The van der Waals surface area contributed by atoms with Crippen LogP contribution < -0.4 is 10.6 Å². The summed E-state index contributed by atoms with van der Waals surface area (Å²) in [5.74, 6) is -0.254. The number of ether oxygens (including phenoxy) is 1. The van der Waals surface area contributed by atoms with E-state index in [2.05, 4.69) is 60.4 Å². The van der Waals surface area contributed by atoms with Crippen molar-refractivity contribution < 1.29 is 45.5 Å². The maximum atomic E-state index is 13.6. The lowest BCUT2D eigenvalue weighted by molar-refractivity contribution is -0.143. The fourth-order valence-corrected chi connectivity index (χ4v) is 9.92. The van der Waals surface area contributed by atoms with E-state index in [0.29, 0.717) is 49.5 Å². The van der Waals surface area contributed by atoms with Crippen molar-refractivity contribution in [1.82, 2.24) is 34.6 Å². The van der Waals surface area contributed by atoms with Gasteiger partial charge in [-0.25, -0.2) is 4.98 Å².